The molecular weight excluding hydrogens is 198 g/mol. The van der Waals surface area contributed by atoms with Crippen LogP contribution in [0, 0.1) is 0 Å². The lowest BCUT2D eigenvalue weighted by Gasteiger charge is -1.95. The van der Waals surface area contributed by atoms with Gasteiger partial charge in [-0.1, -0.05) is 28.9 Å². The van der Waals surface area contributed by atoms with Gasteiger partial charge in [0, 0.05) is 17.1 Å². The molecule has 2 rings (SSSR count). The second-order valence-corrected chi connectivity index (χ2v) is 3.41. The van der Waals surface area contributed by atoms with Crippen molar-refractivity contribution >= 4 is 11.6 Å². The van der Waals surface area contributed by atoms with Crippen molar-refractivity contribution in [2.45, 2.75) is 13.5 Å². The Morgan fingerprint density at radius 3 is 2.93 bits per heavy atom. The third-order valence-electron chi connectivity index (χ3n) is 1.98. The summed E-state index contributed by atoms with van der Waals surface area (Å²) in [5.41, 5.74) is 1.85. The van der Waals surface area contributed by atoms with E-state index in [1.807, 2.05) is 37.4 Å². The Kier molecular flexibility index (Phi) is 2.50. The Hall–Kier alpha value is -1.35. The van der Waals surface area contributed by atoms with Gasteiger partial charge in [-0.2, -0.15) is 0 Å². The third kappa shape index (κ3) is 1.77. The SMILES string of the molecule is CCn1cc(-c2cccc(Cl)c2)nn1. The van der Waals surface area contributed by atoms with E-state index in [1.165, 1.54) is 0 Å². The third-order valence-corrected chi connectivity index (χ3v) is 2.22. The van der Waals surface area contributed by atoms with Crippen LogP contribution in [0.4, 0.5) is 0 Å². The van der Waals surface area contributed by atoms with Crippen molar-refractivity contribution in [2.75, 3.05) is 0 Å². The van der Waals surface area contributed by atoms with E-state index in [0.717, 1.165) is 17.8 Å². The van der Waals surface area contributed by atoms with Crippen LogP contribution in [0.5, 0.6) is 0 Å². The first kappa shape index (κ1) is 9.21. The molecule has 3 nitrogen and oxygen atoms in total. The molecule has 0 aliphatic carbocycles. The zero-order valence-corrected chi connectivity index (χ0v) is 8.57. The fourth-order valence-electron chi connectivity index (χ4n) is 1.23. The number of halogens is 1. The van der Waals surface area contributed by atoms with Crippen molar-refractivity contribution < 1.29 is 0 Å². The first-order chi connectivity index (χ1) is 6.79. The zero-order valence-electron chi connectivity index (χ0n) is 7.81. The highest BCUT2D eigenvalue weighted by Crippen LogP contribution is 2.19. The van der Waals surface area contributed by atoms with Crippen LogP contribution in [0.1, 0.15) is 6.92 Å². The van der Waals surface area contributed by atoms with Crippen LogP contribution in [0.15, 0.2) is 30.5 Å². The van der Waals surface area contributed by atoms with E-state index in [2.05, 4.69) is 10.3 Å². The minimum Gasteiger partial charge on any atom is -0.252 e. The monoisotopic (exact) mass is 207 g/mol. The first-order valence-corrected chi connectivity index (χ1v) is 4.83. The Balaban J connectivity index is 2.39. The molecule has 0 fully saturated rings. The number of rotatable bonds is 2. The lowest BCUT2D eigenvalue weighted by atomic mass is 10.2. The Morgan fingerprint density at radius 1 is 1.43 bits per heavy atom. The van der Waals surface area contributed by atoms with Gasteiger partial charge in [-0.3, -0.25) is 4.68 Å². The number of aryl methyl sites for hydroxylation is 1. The van der Waals surface area contributed by atoms with Gasteiger partial charge in [-0.25, -0.2) is 0 Å². The standard InChI is InChI=1S/C10H10ClN3/c1-2-14-7-10(12-13-14)8-4-3-5-9(11)6-8/h3-7H,2H2,1H3. The van der Waals surface area contributed by atoms with E-state index in [9.17, 15) is 0 Å². The molecule has 0 N–H and O–H groups in total. The molecule has 1 aromatic carbocycles. The minimum absolute atomic E-state index is 0.716. The van der Waals surface area contributed by atoms with Crippen LogP contribution in [0.2, 0.25) is 5.02 Å². The summed E-state index contributed by atoms with van der Waals surface area (Å²) in [4.78, 5) is 0. The average molecular weight is 208 g/mol. The zero-order chi connectivity index (χ0) is 9.97. The van der Waals surface area contributed by atoms with E-state index >= 15 is 0 Å². The molecule has 0 saturated heterocycles. The molecule has 14 heavy (non-hydrogen) atoms. The highest BCUT2D eigenvalue weighted by Gasteiger charge is 2.02. The average Bonchev–Trinajstić information content (AvgIpc) is 2.66. The van der Waals surface area contributed by atoms with Crippen LogP contribution >= 0.6 is 11.6 Å². The summed E-state index contributed by atoms with van der Waals surface area (Å²) in [6.07, 6.45) is 1.91. The maximum absolute atomic E-state index is 5.88. The summed E-state index contributed by atoms with van der Waals surface area (Å²) in [6, 6.07) is 7.60. The molecule has 72 valence electrons. The van der Waals surface area contributed by atoms with Crippen molar-refractivity contribution in [2.24, 2.45) is 0 Å². The predicted octanol–water partition coefficient (Wildman–Crippen LogP) is 2.62. The second-order valence-electron chi connectivity index (χ2n) is 2.97. The number of hydrogen-bond donors (Lipinski definition) is 0. The van der Waals surface area contributed by atoms with E-state index < -0.39 is 0 Å². The van der Waals surface area contributed by atoms with Crippen molar-refractivity contribution in [3.8, 4) is 11.3 Å². The molecule has 1 aromatic heterocycles. The van der Waals surface area contributed by atoms with Crippen molar-refractivity contribution in [1.29, 1.82) is 0 Å². The van der Waals surface area contributed by atoms with Crippen molar-refractivity contribution in [3.63, 3.8) is 0 Å². The topological polar surface area (TPSA) is 30.7 Å². The number of benzene rings is 1. The quantitative estimate of drug-likeness (QED) is 0.758. The molecule has 1 heterocycles. The fraction of sp³-hybridized carbons (Fsp3) is 0.200. The van der Waals surface area contributed by atoms with Gasteiger partial charge >= 0.3 is 0 Å². The van der Waals surface area contributed by atoms with Gasteiger partial charge in [0.1, 0.15) is 5.69 Å². The molecule has 0 aliphatic rings. The first-order valence-electron chi connectivity index (χ1n) is 4.45. The van der Waals surface area contributed by atoms with Gasteiger partial charge in [-0.05, 0) is 19.1 Å². The van der Waals surface area contributed by atoms with Crippen molar-refractivity contribution in [1.82, 2.24) is 15.0 Å². The number of aromatic nitrogens is 3. The van der Waals surface area contributed by atoms with Gasteiger partial charge in [-0.15, -0.1) is 5.10 Å². The summed E-state index contributed by atoms with van der Waals surface area (Å²) in [5, 5.41) is 8.73. The van der Waals surface area contributed by atoms with Gasteiger partial charge in [0.25, 0.3) is 0 Å². The number of nitrogens with zero attached hydrogens (tertiary/aromatic N) is 3. The summed E-state index contributed by atoms with van der Waals surface area (Å²) < 4.78 is 1.79. The summed E-state index contributed by atoms with van der Waals surface area (Å²) in [7, 11) is 0. The minimum atomic E-state index is 0.716. The fourth-order valence-corrected chi connectivity index (χ4v) is 1.42. The Bertz CT molecular complexity index is 436. The van der Waals surface area contributed by atoms with E-state index in [1.54, 1.807) is 4.68 Å². The second kappa shape index (κ2) is 3.80. The molecule has 0 atom stereocenters. The van der Waals surface area contributed by atoms with Crippen LogP contribution in [0.3, 0.4) is 0 Å². The summed E-state index contributed by atoms with van der Waals surface area (Å²) in [6.45, 7) is 2.85. The van der Waals surface area contributed by atoms with Gasteiger partial charge < -0.3 is 0 Å². The van der Waals surface area contributed by atoms with E-state index in [0.29, 0.717) is 5.02 Å². The highest BCUT2D eigenvalue weighted by atomic mass is 35.5. The molecule has 0 unspecified atom stereocenters. The van der Waals surface area contributed by atoms with Crippen LogP contribution in [0.25, 0.3) is 11.3 Å². The van der Waals surface area contributed by atoms with Crippen LogP contribution < -0.4 is 0 Å². The molecule has 0 aliphatic heterocycles. The normalized spacial score (nSPS) is 10.4. The van der Waals surface area contributed by atoms with E-state index in [4.69, 9.17) is 11.6 Å². The van der Waals surface area contributed by atoms with Gasteiger partial charge in [0.2, 0.25) is 0 Å². The smallest absolute Gasteiger partial charge is 0.113 e. The van der Waals surface area contributed by atoms with Gasteiger partial charge in [0.15, 0.2) is 0 Å². The lowest BCUT2D eigenvalue weighted by molar-refractivity contribution is 0.627. The molecular formula is C10H10ClN3. The largest absolute Gasteiger partial charge is 0.252 e. The lowest BCUT2D eigenvalue weighted by Crippen LogP contribution is -1.93. The van der Waals surface area contributed by atoms with E-state index in [-0.39, 0.29) is 0 Å². The molecule has 4 heteroatoms. The molecule has 0 bridgehead atoms. The maximum Gasteiger partial charge on any atom is 0.113 e. The summed E-state index contributed by atoms with van der Waals surface area (Å²) >= 11 is 5.88. The van der Waals surface area contributed by atoms with Crippen LogP contribution in [-0.4, -0.2) is 15.0 Å². The Labute approximate surface area is 87.3 Å². The van der Waals surface area contributed by atoms with Crippen LogP contribution in [-0.2, 0) is 6.54 Å². The molecule has 0 spiro atoms. The number of hydrogen-bond acceptors (Lipinski definition) is 2. The highest BCUT2D eigenvalue weighted by molar-refractivity contribution is 6.30. The molecule has 0 saturated carbocycles. The predicted molar refractivity (Wildman–Crippen MR) is 56.1 cm³/mol. The maximum atomic E-state index is 5.88. The molecule has 0 amide bonds. The van der Waals surface area contributed by atoms with Gasteiger partial charge in [0.05, 0.1) is 6.20 Å². The van der Waals surface area contributed by atoms with Crippen molar-refractivity contribution in [3.05, 3.63) is 35.5 Å². The molecule has 0 radical (unpaired) electrons. The Morgan fingerprint density at radius 2 is 2.29 bits per heavy atom. The summed E-state index contributed by atoms with van der Waals surface area (Å²) in [5.74, 6) is 0. The molecule has 2 aromatic rings.